The molecule has 2 rings (SSSR count). The number of hydrogen-bond donors (Lipinski definition) is 3. The highest BCUT2D eigenvalue weighted by molar-refractivity contribution is 6.30. The standard InChI is InChI=1S/C14H18ClNO4/c15-10-3-1-2-9(6-10)4-5-13(18)16-11-7-20-8-12(17)14(11)19/h1-3,6,11-12,14,17,19H,4-5,7-8H2,(H,16,18)/t11-,12-,14+/m1/s1. The number of aliphatic hydroxyl groups excluding tert-OH is 2. The first-order chi connectivity index (χ1) is 9.56. The minimum absolute atomic E-state index is 0.0933. The number of aryl methyl sites for hydroxylation is 1. The van der Waals surface area contributed by atoms with Gasteiger partial charge in [0.25, 0.3) is 0 Å². The number of carbonyl (C=O) groups excluding carboxylic acids is 1. The van der Waals surface area contributed by atoms with E-state index in [1.807, 2.05) is 18.2 Å². The molecule has 110 valence electrons. The summed E-state index contributed by atoms with van der Waals surface area (Å²) >= 11 is 5.87. The molecule has 1 saturated heterocycles. The van der Waals surface area contributed by atoms with Gasteiger partial charge in [-0.2, -0.15) is 0 Å². The van der Waals surface area contributed by atoms with Crippen LogP contribution in [0, 0.1) is 0 Å². The van der Waals surface area contributed by atoms with Crippen molar-refractivity contribution in [3.05, 3.63) is 34.9 Å². The Morgan fingerprint density at radius 1 is 1.40 bits per heavy atom. The fourth-order valence-electron chi connectivity index (χ4n) is 2.14. The van der Waals surface area contributed by atoms with E-state index in [-0.39, 0.29) is 19.1 Å². The van der Waals surface area contributed by atoms with E-state index in [9.17, 15) is 15.0 Å². The maximum atomic E-state index is 11.8. The van der Waals surface area contributed by atoms with Gasteiger partial charge in [-0.25, -0.2) is 0 Å². The second-order valence-corrected chi connectivity index (χ2v) is 5.34. The Bertz CT molecular complexity index is 468. The Hall–Kier alpha value is -1.14. The van der Waals surface area contributed by atoms with E-state index in [1.165, 1.54) is 0 Å². The number of benzene rings is 1. The van der Waals surface area contributed by atoms with Crippen molar-refractivity contribution >= 4 is 17.5 Å². The van der Waals surface area contributed by atoms with Crippen LogP contribution in [0.4, 0.5) is 0 Å². The van der Waals surface area contributed by atoms with Gasteiger partial charge in [0, 0.05) is 11.4 Å². The number of nitrogens with one attached hydrogen (secondary N) is 1. The van der Waals surface area contributed by atoms with Gasteiger partial charge >= 0.3 is 0 Å². The van der Waals surface area contributed by atoms with Crippen molar-refractivity contribution in [2.75, 3.05) is 13.2 Å². The Labute approximate surface area is 122 Å². The molecular weight excluding hydrogens is 282 g/mol. The number of rotatable bonds is 4. The largest absolute Gasteiger partial charge is 0.388 e. The molecule has 0 aromatic heterocycles. The maximum Gasteiger partial charge on any atom is 0.220 e. The van der Waals surface area contributed by atoms with Gasteiger partial charge in [-0.3, -0.25) is 4.79 Å². The maximum absolute atomic E-state index is 11.8. The smallest absolute Gasteiger partial charge is 0.220 e. The van der Waals surface area contributed by atoms with Gasteiger partial charge in [0.1, 0.15) is 12.2 Å². The van der Waals surface area contributed by atoms with Gasteiger partial charge < -0.3 is 20.3 Å². The Kier molecular flexibility index (Phi) is 5.37. The zero-order valence-corrected chi connectivity index (χ0v) is 11.7. The molecule has 0 aliphatic carbocycles. The van der Waals surface area contributed by atoms with E-state index in [2.05, 4.69) is 5.32 Å². The summed E-state index contributed by atoms with van der Waals surface area (Å²) < 4.78 is 5.10. The van der Waals surface area contributed by atoms with Crippen LogP contribution < -0.4 is 5.32 Å². The van der Waals surface area contributed by atoms with E-state index < -0.39 is 18.2 Å². The average molecular weight is 300 g/mol. The summed E-state index contributed by atoms with van der Waals surface area (Å²) in [7, 11) is 0. The van der Waals surface area contributed by atoms with Crippen LogP contribution in [0.15, 0.2) is 24.3 Å². The summed E-state index contributed by atoms with van der Waals surface area (Å²) in [6.07, 6.45) is -1.08. The van der Waals surface area contributed by atoms with Crippen LogP contribution in [-0.4, -0.2) is 47.6 Å². The number of halogens is 1. The van der Waals surface area contributed by atoms with Crippen LogP contribution >= 0.6 is 11.6 Å². The molecule has 1 aliphatic rings. The van der Waals surface area contributed by atoms with Gasteiger partial charge in [0.15, 0.2) is 0 Å². The van der Waals surface area contributed by atoms with Crippen molar-refractivity contribution in [1.29, 1.82) is 0 Å². The number of aliphatic hydroxyl groups is 2. The van der Waals surface area contributed by atoms with Gasteiger partial charge in [-0.05, 0) is 24.1 Å². The zero-order chi connectivity index (χ0) is 14.5. The molecule has 0 bridgehead atoms. The number of ether oxygens (including phenoxy) is 1. The van der Waals surface area contributed by atoms with Crippen LogP contribution in [0.5, 0.6) is 0 Å². The summed E-state index contributed by atoms with van der Waals surface area (Å²) in [6, 6.07) is 6.77. The van der Waals surface area contributed by atoms with E-state index in [4.69, 9.17) is 16.3 Å². The third kappa shape index (κ3) is 4.18. The van der Waals surface area contributed by atoms with Gasteiger partial charge in [-0.15, -0.1) is 0 Å². The molecule has 1 aliphatic heterocycles. The molecule has 1 amide bonds. The molecule has 0 saturated carbocycles. The van der Waals surface area contributed by atoms with Crippen LogP contribution in [0.25, 0.3) is 0 Å². The highest BCUT2D eigenvalue weighted by Crippen LogP contribution is 2.13. The lowest BCUT2D eigenvalue weighted by molar-refractivity contribution is -0.131. The van der Waals surface area contributed by atoms with Crippen LogP contribution in [0.1, 0.15) is 12.0 Å². The summed E-state index contributed by atoms with van der Waals surface area (Å²) in [5, 5.41) is 22.5. The predicted octanol–water partition coefficient (Wildman–Crippen LogP) is 0.509. The zero-order valence-electron chi connectivity index (χ0n) is 11.0. The molecule has 6 heteroatoms. The molecule has 3 N–H and O–H groups in total. The van der Waals surface area contributed by atoms with Gasteiger partial charge in [0.05, 0.1) is 19.3 Å². The van der Waals surface area contributed by atoms with E-state index in [1.54, 1.807) is 6.07 Å². The Balaban J connectivity index is 1.80. The van der Waals surface area contributed by atoms with Crippen molar-refractivity contribution in [1.82, 2.24) is 5.32 Å². The topological polar surface area (TPSA) is 78.8 Å². The molecule has 0 spiro atoms. The number of amides is 1. The number of carbonyl (C=O) groups is 1. The third-order valence-corrected chi connectivity index (χ3v) is 3.50. The van der Waals surface area contributed by atoms with E-state index >= 15 is 0 Å². The second-order valence-electron chi connectivity index (χ2n) is 4.90. The minimum atomic E-state index is -0.987. The van der Waals surface area contributed by atoms with Gasteiger partial charge in [-0.1, -0.05) is 23.7 Å². The molecule has 5 nitrogen and oxygen atoms in total. The third-order valence-electron chi connectivity index (χ3n) is 3.27. The summed E-state index contributed by atoms with van der Waals surface area (Å²) in [4.78, 5) is 11.8. The first kappa shape index (κ1) is 15.3. The molecule has 1 heterocycles. The van der Waals surface area contributed by atoms with Crippen molar-refractivity contribution in [3.63, 3.8) is 0 Å². The quantitative estimate of drug-likeness (QED) is 0.757. The first-order valence-corrected chi connectivity index (χ1v) is 6.92. The molecular formula is C14H18ClNO4. The lowest BCUT2D eigenvalue weighted by atomic mass is 10.0. The summed E-state index contributed by atoms with van der Waals surface area (Å²) in [5.41, 5.74) is 0.980. The highest BCUT2D eigenvalue weighted by Gasteiger charge is 2.32. The second kappa shape index (κ2) is 7.04. The lowest BCUT2D eigenvalue weighted by Crippen LogP contribution is -2.55. The minimum Gasteiger partial charge on any atom is -0.388 e. The predicted molar refractivity (Wildman–Crippen MR) is 74.5 cm³/mol. The SMILES string of the molecule is O=C(CCc1cccc(Cl)c1)N[C@@H]1COC[C@@H](O)[C@H]1O. The fourth-order valence-corrected chi connectivity index (χ4v) is 2.35. The van der Waals surface area contributed by atoms with Crippen molar-refractivity contribution in [2.24, 2.45) is 0 Å². The first-order valence-electron chi connectivity index (χ1n) is 6.54. The molecule has 1 aromatic rings. The molecule has 1 aromatic carbocycles. The van der Waals surface area contributed by atoms with Crippen molar-refractivity contribution in [2.45, 2.75) is 31.1 Å². The van der Waals surface area contributed by atoms with Crippen LogP contribution in [-0.2, 0) is 16.0 Å². The van der Waals surface area contributed by atoms with E-state index in [0.717, 1.165) is 5.56 Å². The molecule has 20 heavy (non-hydrogen) atoms. The number of hydrogen-bond acceptors (Lipinski definition) is 4. The molecule has 3 atom stereocenters. The summed E-state index contributed by atoms with van der Waals surface area (Å²) in [5.74, 6) is -0.188. The fraction of sp³-hybridized carbons (Fsp3) is 0.500. The monoisotopic (exact) mass is 299 g/mol. The summed E-state index contributed by atoms with van der Waals surface area (Å²) in [6.45, 7) is 0.303. The van der Waals surface area contributed by atoms with Crippen molar-refractivity contribution < 1.29 is 19.7 Å². The average Bonchev–Trinajstić information content (AvgIpc) is 2.42. The van der Waals surface area contributed by atoms with E-state index in [0.29, 0.717) is 17.9 Å². The molecule has 0 unspecified atom stereocenters. The normalized spacial score (nSPS) is 26.2. The lowest BCUT2D eigenvalue weighted by Gasteiger charge is -2.32. The Morgan fingerprint density at radius 3 is 2.95 bits per heavy atom. The Morgan fingerprint density at radius 2 is 2.20 bits per heavy atom. The van der Waals surface area contributed by atoms with Crippen molar-refractivity contribution in [3.8, 4) is 0 Å². The van der Waals surface area contributed by atoms with Gasteiger partial charge in [0.2, 0.25) is 5.91 Å². The van der Waals surface area contributed by atoms with Crippen LogP contribution in [0.2, 0.25) is 5.02 Å². The highest BCUT2D eigenvalue weighted by atomic mass is 35.5. The van der Waals surface area contributed by atoms with Crippen LogP contribution in [0.3, 0.4) is 0 Å². The molecule has 1 fully saturated rings. The molecule has 0 radical (unpaired) electrons.